The van der Waals surface area contributed by atoms with Crippen LogP contribution >= 0.6 is 0 Å². The van der Waals surface area contributed by atoms with E-state index in [1.165, 1.54) is 12.8 Å². The summed E-state index contributed by atoms with van der Waals surface area (Å²) < 4.78 is 7.23. The third-order valence-electron chi connectivity index (χ3n) is 3.31. The van der Waals surface area contributed by atoms with Crippen LogP contribution in [0.3, 0.4) is 0 Å². The van der Waals surface area contributed by atoms with Crippen molar-refractivity contribution in [3.05, 3.63) is 12.2 Å². The monoisotopic (exact) mass is 238 g/mol. The summed E-state index contributed by atoms with van der Waals surface area (Å²) in [6.45, 7) is 4.03. The van der Waals surface area contributed by atoms with Gasteiger partial charge in [0.1, 0.15) is 12.2 Å². The first-order chi connectivity index (χ1) is 8.40. The molecule has 1 aromatic rings. The SMILES string of the molecule is COCCCn1cnnc1CC1CCCNC1. The van der Waals surface area contributed by atoms with E-state index in [-0.39, 0.29) is 0 Å². The Balaban J connectivity index is 1.84. The van der Waals surface area contributed by atoms with E-state index in [1.807, 2.05) is 6.33 Å². The molecule has 1 saturated heterocycles. The molecule has 1 N–H and O–H groups in total. The zero-order valence-electron chi connectivity index (χ0n) is 10.6. The van der Waals surface area contributed by atoms with Crippen LogP contribution in [0.5, 0.6) is 0 Å². The first-order valence-corrected chi connectivity index (χ1v) is 6.46. The first kappa shape index (κ1) is 12.5. The Morgan fingerprint density at radius 3 is 3.29 bits per heavy atom. The van der Waals surface area contributed by atoms with E-state index in [4.69, 9.17) is 4.74 Å². The molecule has 1 aliphatic heterocycles. The number of ether oxygens (including phenoxy) is 1. The maximum Gasteiger partial charge on any atom is 0.133 e. The fourth-order valence-corrected chi connectivity index (χ4v) is 2.36. The lowest BCUT2D eigenvalue weighted by Crippen LogP contribution is -2.31. The molecule has 96 valence electrons. The Morgan fingerprint density at radius 1 is 1.59 bits per heavy atom. The lowest BCUT2D eigenvalue weighted by molar-refractivity contribution is 0.190. The summed E-state index contributed by atoms with van der Waals surface area (Å²) >= 11 is 0. The number of hydrogen-bond donors (Lipinski definition) is 1. The van der Waals surface area contributed by atoms with Crippen molar-refractivity contribution in [1.82, 2.24) is 20.1 Å². The van der Waals surface area contributed by atoms with Gasteiger partial charge in [-0.15, -0.1) is 10.2 Å². The van der Waals surface area contributed by atoms with E-state index in [9.17, 15) is 0 Å². The minimum absolute atomic E-state index is 0.717. The van der Waals surface area contributed by atoms with Gasteiger partial charge in [0, 0.05) is 26.7 Å². The normalized spacial score (nSPS) is 20.6. The zero-order valence-corrected chi connectivity index (χ0v) is 10.6. The summed E-state index contributed by atoms with van der Waals surface area (Å²) in [5, 5.41) is 11.7. The van der Waals surface area contributed by atoms with Crippen LogP contribution in [0.25, 0.3) is 0 Å². The highest BCUT2D eigenvalue weighted by Gasteiger charge is 2.16. The maximum atomic E-state index is 5.07. The summed E-state index contributed by atoms with van der Waals surface area (Å²) in [5.41, 5.74) is 0. The van der Waals surface area contributed by atoms with Crippen molar-refractivity contribution in [2.24, 2.45) is 5.92 Å². The van der Waals surface area contributed by atoms with Crippen molar-refractivity contribution in [2.45, 2.75) is 32.2 Å². The van der Waals surface area contributed by atoms with E-state index in [0.29, 0.717) is 5.92 Å². The second kappa shape index (κ2) is 6.71. The number of aromatic nitrogens is 3. The summed E-state index contributed by atoms with van der Waals surface area (Å²) in [6, 6.07) is 0. The highest BCUT2D eigenvalue weighted by molar-refractivity contribution is 4.89. The quantitative estimate of drug-likeness (QED) is 0.747. The van der Waals surface area contributed by atoms with Gasteiger partial charge in [0.25, 0.3) is 0 Å². The molecule has 0 saturated carbocycles. The van der Waals surface area contributed by atoms with Crippen molar-refractivity contribution >= 4 is 0 Å². The molecule has 0 radical (unpaired) electrons. The highest BCUT2D eigenvalue weighted by Crippen LogP contribution is 2.15. The van der Waals surface area contributed by atoms with Crippen LogP contribution in [-0.2, 0) is 17.7 Å². The molecule has 1 aliphatic rings. The molecule has 1 atom stereocenters. The van der Waals surface area contributed by atoms with Gasteiger partial charge in [-0.2, -0.15) is 0 Å². The Bertz CT molecular complexity index is 320. The van der Waals surface area contributed by atoms with E-state index < -0.39 is 0 Å². The Kier molecular flexibility index (Phi) is 4.94. The van der Waals surface area contributed by atoms with Crippen molar-refractivity contribution in [1.29, 1.82) is 0 Å². The zero-order chi connectivity index (χ0) is 11.9. The van der Waals surface area contributed by atoms with Gasteiger partial charge < -0.3 is 14.6 Å². The van der Waals surface area contributed by atoms with E-state index in [0.717, 1.165) is 44.9 Å². The number of nitrogens with one attached hydrogen (secondary N) is 1. The first-order valence-electron chi connectivity index (χ1n) is 6.46. The molecule has 1 aromatic heterocycles. The fraction of sp³-hybridized carbons (Fsp3) is 0.833. The molecule has 5 heteroatoms. The topological polar surface area (TPSA) is 52.0 Å². The van der Waals surface area contributed by atoms with Gasteiger partial charge in [-0.3, -0.25) is 0 Å². The molecule has 0 amide bonds. The molecule has 0 aliphatic carbocycles. The third-order valence-corrected chi connectivity index (χ3v) is 3.31. The van der Waals surface area contributed by atoms with Crippen molar-refractivity contribution in [3.63, 3.8) is 0 Å². The number of hydrogen-bond acceptors (Lipinski definition) is 4. The number of rotatable bonds is 6. The second-order valence-corrected chi connectivity index (χ2v) is 4.70. The number of methoxy groups -OCH3 is 1. The van der Waals surface area contributed by atoms with Crippen LogP contribution in [0.2, 0.25) is 0 Å². The van der Waals surface area contributed by atoms with Crippen molar-refractivity contribution < 1.29 is 4.74 Å². The minimum atomic E-state index is 0.717. The number of aryl methyl sites for hydroxylation is 1. The lowest BCUT2D eigenvalue weighted by atomic mass is 9.96. The van der Waals surface area contributed by atoms with Gasteiger partial charge in [-0.25, -0.2) is 0 Å². The predicted molar refractivity (Wildman–Crippen MR) is 65.8 cm³/mol. The molecule has 1 fully saturated rings. The standard InChI is InChI=1S/C12H22N4O/c1-17-7-3-6-16-10-14-15-12(16)8-11-4-2-5-13-9-11/h10-11,13H,2-9H2,1H3. The molecule has 5 nitrogen and oxygen atoms in total. The van der Waals surface area contributed by atoms with Gasteiger partial charge in [0.05, 0.1) is 0 Å². The largest absolute Gasteiger partial charge is 0.385 e. The average Bonchev–Trinajstić information content (AvgIpc) is 2.79. The molecular weight excluding hydrogens is 216 g/mol. The molecule has 0 aromatic carbocycles. The molecule has 2 rings (SSSR count). The Hall–Kier alpha value is -0.940. The maximum absolute atomic E-state index is 5.07. The molecule has 2 heterocycles. The molecule has 1 unspecified atom stereocenters. The van der Waals surface area contributed by atoms with E-state index in [1.54, 1.807) is 7.11 Å². The lowest BCUT2D eigenvalue weighted by Gasteiger charge is -2.22. The van der Waals surface area contributed by atoms with Gasteiger partial charge >= 0.3 is 0 Å². The fourth-order valence-electron chi connectivity index (χ4n) is 2.36. The summed E-state index contributed by atoms with van der Waals surface area (Å²) in [5.74, 6) is 1.84. The highest BCUT2D eigenvalue weighted by atomic mass is 16.5. The molecular formula is C12H22N4O. The summed E-state index contributed by atoms with van der Waals surface area (Å²) in [4.78, 5) is 0. The third kappa shape index (κ3) is 3.78. The van der Waals surface area contributed by atoms with Crippen LogP contribution in [0, 0.1) is 5.92 Å². The van der Waals surface area contributed by atoms with Crippen LogP contribution in [0.1, 0.15) is 25.1 Å². The summed E-state index contributed by atoms with van der Waals surface area (Å²) in [7, 11) is 1.74. The smallest absolute Gasteiger partial charge is 0.133 e. The van der Waals surface area contributed by atoms with E-state index >= 15 is 0 Å². The van der Waals surface area contributed by atoms with E-state index in [2.05, 4.69) is 20.1 Å². The molecule has 0 spiro atoms. The average molecular weight is 238 g/mol. The van der Waals surface area contributed by atoms with Crippen LogP contribution in [-0.4, -0.2) is 41.6 Å². The number of nitrogens with zero attached hydrogens (tertiary/aromatic N) is 3. The van der Waals surface area contributed by atoms with Crippen molar-refractivity contribution in [3.8, 4) is 0 Å². The van der Waals surface area contributed by atoms with Gasteiger partial charge in [0.15, 0.2) is 0 Å². The van der Waals surface area contributed by atoms with Gasteiger partial charge in [0.2, 0.25) is 0 Å². The molecule has 0 bridgehead atoms. The van der Waals surface area contributed by atoms with Gasteiger partial charge in [-0.1, -0.05) is 0 Å². The summed E-state index contributed by atoms with van der Waals surface area (Å²) in [6.07, 6.45) is 6.48. The Morgan fingerprint density at radius 2 is 2.53 bits per heavy atom. The van der Waals surface area contributed by atoms with Crippen LogP contribution in [0.4, 0.5) is 0 Å². The van der Waals surface area contributed by atoms with Gasteiger partial charge in [-0.05, 0) is 38.3 Å². The van der Waals surface area contributed by atoms with Crippen molar-refractivity contribution in [2.75, 3.05) is 26.8 Å². The predicted octanol–water partition coefficient (Wildman–Crippen LogP) is 0.857. The Labute approximate surface area is 103 Å². The van der Waals surface area contributed by atoms with Crippen LogP contribution < -0.4 is 5.32 Å². The molecule has 17 heavy (non-hydrogen) atoms. The number of piperidine rings is 1. The minimum Gasteiger partial charge on any atom is -0.385 e. The second-order valence-electron chi connectivity index (χ2n) is 4.70. The van der Waals surface area contributed by atoms with Crippen LogP contribution in [0.15, 0.2) is 6.33 Å².